The van der Waals surface area contributed by atoms with Crippen molar-refractivity contribution in [2.75, 3.05) is 31.7 Å². The molecule has 0 aromatic carbocycles. The van der Waals surface area contributed by atoms with Crippen molar-refractivity contribution in [3.8, 4) is 0 Å². The largest absolute Gasteiger partial charge is 0.462 e. The topological polar surface area (TPSA) is 109 Å². The van der Waals surface area contributed by atoms with Crippen LogP contribution in [0.5, 0.6) is 0 Å². The van der Waals surface area contributed by atoms with E-state index in [9.17, 15) is 9.59 Å². The molecule has 1 aliphatic rings. The van der Waals surface area contributed by atoms with Gasteiger partial charge in [-0.25, -0.2) is 14.8 Å². The van der Waals surface area contributed by atoms with Crippen LogP contribution >= 0.6 is 22.9 Å². The quantitative estimate of drug-likeness (QED) is 0.553. The minimum Gasteiger partial charge on any atom is -0.462 e. The molecule has 32 heavy (non-hydrogen) atoms. The number of aromatic nitrogens is 3. The Morgan fingerprint density at radius 2 is 2.09 bits per heavy atom. The molecule has 9 nitrogen and oxygen atoms in total. The first-order chi connectivity index (χ1) is 15.3. The Balaban J connectivity index is 1.72. The van der Waals surface area contributed by atoms with Gasteiger partial charge in [-0.05, 0) is 25.7 Å². The van der Waals surface area contributed by atoms with E-state index < -0.39 is 0 Å². The molecule has 0 saturated carbocycles. The van der Waals surface area contributed by atoms with E-state index >= 15 is 0 Å². The number of nitrogens with one attached hydrogen (secondary N) is 2. The number of esters is 1. The lowest BCUT2D eigenvalue weighted by Crippen LogP contribution is -2.55. The fourth-order valence-corrected chi connectivity index (χ4v) is 5.07. The zero-order valence-corrected chi connectivity index (χ0v) is 20.6. The van der Waals surface area contributed by atoms with Gasteiger partial charge in [0, 0.05) is 20.2 Å². The summed E-state index contributed by atoms with van der Waals surface area (Å²) in [5.41, 5.74) is 1.48. The summed E-state index contributed by atoms with van der Waals surface area (Å²) in [6, 6.07) is -0.188. The lowest BCUT2D eigenvalue weighted by Gasteiger charge is -2.37. The number of amides is 1. The highest BCUT2D eigenvalue weighted by atomic mass is 35.5. The number of piperidine rings is 1. The zero-order valence-electron chi connectivity index (χ0n) is 19.0. The first kappa shape index (κ1) is 24.5. The molecule has 2 aromatic heterocycles. The maximum absolute atomic E-state index is 12.7. The molecule has 3 rings (SSSR count). The van der Waals surface area contributed by atoms with Crippen LogP contribution in [-0.4, -0.2) is 65.8 Å². The van der Waals surface area contributed by atoms with Crippen LogP contribution in [0.2, 0.25) is 5.15 Å². The normalized spacial score (nSPS) is 18.8. The standard InChI is InChI=1S/C21H30ClN5O4S/c1-6-12-17(22)26-18(23-12)19(28)24-13-8-9-27(10-14(13)30-5)21-25-15(11(3)4)16(32-21)20(29)31-7-2/h11,13-14H,6-10H2,1-5H3,(H,23,26)(H,24,28)/t13-,14+/m0/s1. The maximum atomic E-state index is 12.7. The van der Waals surface area contributed by atoms with Crippen molar-refractivity contribution in [2.24, 2.45) is 0 Å². The summed E-state index contributed by atoms with van der Waals surface area (Å²) in [5, 5.41) is 4.08. The van der Waals surface area contributed by atoms with Crippen LogP contribution in [0.3, 0.4) is 0 Å². The van der Waals surface area contributed by atoms with Gasteiger partial charge in [0.1, 0.15) is 4.88 Å². The number of aryl methyl sites for hydroxylation is 1. The summed E-state index contributed by atoms with van der Waals surface area (Å²) in [6.45, 7) is 9.26. The molecule has 2 atom stereocenters. The molecule has 1 aliphatic heterocycles. The van der Waals surface area contributed by atoms with Crippen molar-refractivity contribution in [1.82, 2.24) is 20.3 Å². The average molecular weight is 484 g/mol. The predicted molar refractivity (Wildman–Crippen MR) is 124 cm³/mol. The number of H-pyrrole nitrogens is 1. The van der Waals surface area contributed by atoms with Crippen LogP contribution in [0.25, 0.3) is 0 Å². The molecule has 176 valence electrons. The number of ether oxygens (including phenoxy) is 2. The number of methoxy groups -OCH3 is 1. The number of carbonyl (C=O) groups excluding carboxylic acids is 2. The van der Waals surface area contributed by atoms with E-state index in [-0.39, 0.29) is 35.8 Å². The molecular formula is C21H30ClN5O4S. The van der Waals surface area contributed by atoms with Crippen LogP contribution < -0.4 is 10.2 Å². The Kier molecular flexibility index (Phi) is 8.13. The van der Waals surface area contributed by atoms with Gasteiger partial charge in [0.2, 0.25) is 0 Å². The second kappa shape index (κ2) is 10.6. The molecule has 0 bridgehead atoms. The lowest BCUT2D eigenvalue weighted by molar-refractivity contribution is 0.0529. The number of anilines is 1. The van der Waals surface area contributed by atoms with Gasteiger partial charge >= 0.3 is 5.97 Å². The number of carbonyl (C=O) groups is 2. The Hall–Kier alpha value is -2.17. The van der Waals surface area contributed by atoms with Gasteiger partial charge in [-0.1, -0.05) is 43.7 Å². The molecular weight excluding hydrogens is 454 g/mol. The summed E-state index contributed by atoms with van der Waals surface area (Å²) in [6.07, 6.45) is 1.07. The number of halogens is 1. The SMILES string of the molecule is CCOC(=O)c1sc(N2CC[C@H](NC(=O)c3nc(Cl)c(CC)[nH]3)[C@H](OC)C2)nc1C(C)C. The van der Waals surface area contributed by atoms with E-state index in [4.69, 9.17) is 26.1 Å². The summed E-state index contributed by atoms with van der Waals surface area (Å²) in [7, 11) is 1.62. The first-order valence-electron chi connectivity index (χ1n) is 10.8. The highest BCUT2D eigenvalue weighted by Crippen LogP contribution is 2.33. The summed E-state index contributed by atoms with van der Waals surface area (Å²) >= 11 is 7.40. The molecule has 1 fully saturated rings. The molecule has 3 heterocycles. The van der Waals surface area contributed by atoms with Crippen molar-refractivity contribution < 1.29 is 19.1 Å². The first-order valence-corrected chi connectivity index (χ1v) is 12.0. The number of hydrogen-bond acceptors (Lipinski definition) is 8. The van der Waals surface area contributed by atoms with Crippen LogP contribution in [0.4, 0.5) is 5.13 Å². The molecule has 2 aromatic rings. The van der Waals surface area contributed by atoms with Gasteiger partial charge < -0.3 is 24.7 Å². The second-order valence-corrected chi connectivity index (χ2v) is 9.22. The predicted octanol–water partition coefficient (Wildman–Crippen LogP) is 3.41. The van der Waals surface area contributed by atoms with E-state index in [1.54, 1.807) is 14.0 Å². The van der Waals surface area contributed by atoms with E-state index in [0.29, 0.717) is 42.6 Å². The zero-order chi connectivity index (χ0) is 23.4. The Morgan fingerprint density at radius 1 is 1.34 bits per heavy atom. The van der Waals surface area contributed by atoms with Gasteiger partial charge in [0.05, 0.1) is 30.1 Å². The minimum absolute atomic E-state index is 0.0996. The minimum atomic E-state index is -0.339. The molecule has 11 heteroatoms. The fourth-order valence-electron chi connectivity index (χ4n) is 3.65. The summed E-state index contributed by atoms with van der Waals surface area (Å²) < 4.78 is 10.9. The van der Waals surface area contributed by atoms with E-state index in [1.165, 1.54) is 11.3 Å². The van der Waals surface area contributed by atoms with Crippen LogP contribution in [0.1, 0.15) is 71.7 Å². The number of nitrogens with zero attached hydrogens (tertiary/aromatic N) is 3. The molecule has 1 amide bonds. The smallest absolute Gasteiger partial charge is 0.350 e. The Bertz CT molecular complexity index is 960. The van der Waals surface area contributed by atoms with Gasteiger partial charge in [-0.15, -0.1) is 0 Å². The van der Waals surface area contributed by atoms with Crippen LogP contribution in [-0.2, 0) is 15.9 Å². The Labute approximate surface area is 196 Å². The van der Waals surface area contributed by atoms with Crippen molar-refractivity contribution in [2.45, 2.75) is 58.6 Å². The van der Waals surface area contributed by atoms with Crippen LogP contribution in [0.15, 0.2) is 0 Å². The highest BCUT2D eigenvalue weighted by Gasteiger charge is 2.34. The number of hydrogen-bond donors (Lipinski definition) is 2. The second-order valence-electron chi connectivity index (χ2n) is 7.88. The monoisotopic (exact) mass is 483 g/mol. The third-order valence-corrected chi connectivity index (χ3v) is 6.82. The molecule has 0 spiro atoms. The van der Waals surface area contributed by atoms with Crippen molar-refractivity contribution in [1.29, 1.82) is 0 Å². The van der Waals surface area contributed by atoms with Crippen molar-refractivity contribution in [3.05, 3.63) is 27.2 Å². The maximum Gasteiger partial charge on any atom is 0.350 e. The fraction of sp³-hybridized carbons (Fsp3) is 0.619. The van der Waals surface area contributed by atoms with Gasteiger partial charge in [0.25, 0.3) is 5.91 Å². The summed E-state index contributed by atoms with van der Waals surface area (Å²) in [4.78, 5) is 39.5. The van der Waals surface area contributed by atoms with E-state index in [0.717, 1.165) is 16.5 Å². The molecule has 0 unspecified atom stereocenters. The number of aromatic amines is 1. The molecule has 2 N–H and O–H groups in total. The third kappa shape index (κ3) is 5.24. The number of rotatable bonds is 8. The van der Waals surface area contributed by atoms with Gasteiger partial charge in [-0.3, -0.25) is 4.79 Å². The molecule has 0 aliphatic carbocycles. The Morgan fingerprint density at radius 3 is 2.69 bits per heavy atom. The molecule has 0 radical (unpaired) electrons. The number of imidazole rings is 1. The van der Waals surface area contributed by atoms with Gasteiger partial charge in [0.15, 0.2) is 16.1 Å². The van der Waals surface area contributed by atoms with Crippen LogP contribution in [0, 0.1) is 0 Å². The molecule has 1 saturated heterocycles. The number of thiazole rings is 1. The van der Waals surface area contributed by atoms with Crippen molar-refractivity contribution >= 4 is 39.9 Å². The lowest BCUT2D eigenvalue weighted by atomic mass is 10.0. The average Bonchev–Trinajstić information content (AvgIpc) is 3.38. The highest BCUT2D eigenvalue weighted by molar-refractivity contribution is 7.17. The van der Waals surface area contributed by atoms with Gasteiger partial charge in [-0.2, -0.15) is 0 Å². The van der Waals surface area contributed by atoms with E-state index in [1.807, 2.05) is 20.8 Å². The van der Waals surface area contributed by atoms with Crippen molar-refractivity contribution in [3.63, 3.8) is 0 Å². The third-order valence-electron chi connectivity index (χ3n) is 5.40. The summed E-state index contributed by atoms with van der Waals surface area (Å²) in [5.74, 6) is -0.353. The van der Waals surface area contributed by atoms with E-state index in [2.05, 4.69) is 20.2 Å².